The van der Waals surface area contributed by atoms with Crippen LogP contribution in [0.3, 0.4) is 0 Å². The summed E-state index contributed by atoms with van der Waals surface area (Å²) in [5.41, 5.74) is 4.66. The number of benzene rings is 1. The summed E-state index contributed by atoms with van der Waals surface area (Å²) in [5, 5.41) is 4.29. The number of fused-ring (bicyclic) bond motifs is 1. The summed E-state index contributed by atoms with van der Waals surface area (Å²) >= 11 is 0. The quantitative estimate of drug-likeness (QED) is 0.886. The molecular weight excluding hydrogens is 227 g/mol. The van der Waals surface area contributed by atoms with Crippen molar-refractivity contribution in [2.24, 2.45) is 0 Å². The van der Waals surface area contributed by atoms with Crippen LogP contribution in [0.1, 0.15) is 30.7 Å². The van der Waals surface area contributed by atoms with Crippen LogP contribution < -0.4 is 5.32 Å². The highest BCUT2D eigenvalue weighted by atomic mass is 19.1. The van der Waals surface area contributed by atoms with Crippen molar-refractivity contribution in [1.29, 1.82) is 0 Å². The lowest BCUT2D eigenvalue weighted by Crippen LogP contribution is -2.06. The summed E-state index contributed by atoms with van der Waals surface area (Å²) in [7, 11) is 0. The fraction of sp³-hybridized carbons (Fsp3) is 0.400. The number of rotatable bonds is 3. The van der Waals surface area contributed by atoms with Crippen molar-refractivity contribution in [2.45, 2.75) is 34.1 Å². The van der Waals surface area contributed by atoms with Gasteiger partial charge in [0.1, 0.15) is 11.3 Å². The lowest BCUT2D eigenvalue weighted by molar-refractivity contribution is 0.636. The standard InChI is InChI=1S/C15H19FN2/c1-5-11-10(4)18-15-12(16)8-7-9(3)13(15)14(11)17-6-2/h7-8H,5-6H2,1-4H3,(H,17,18). The maximum Gasteiger partial charge on any atom is 0.149 e. The molecule has 0 aliphatic rings. The molecule has 0 aliphatic carbocycles. The van der Waals surface area contributed by atoms with Crippen molar-refractivity contribution in [1.82, 2.24) is 4.98 Å². The number of aromatic nitrogens is 1. The number of halogens is 1. The smallest absolute Gasteiger partial charge is 0.149 e. The van der Waals surface area contributed by atoms with Gasteiger partial charge in [-0.05, 0) is 44.4 Å². The molecule has 3 heteroatoms. The Morgan fingerprint density at radius 1 is 1.22 bits per heavy atom. The van der Waals surface area contributed by atoms with Crippen LogP contribution in [-0.4, -0.2) is 11.5 Å². The topological polar surface area (TPSA) is 24.9 Å². The van der Waals surface area contributed by atoms with E-state index in [1.807, 2.05) is 19.9 Å². The Bertz CT molecular complexity index is 591. The van der Waals surface area contributed by atoms with Gasteiger partial charge in [-0.3, -0.25) is 0 Å². The number of anilines is 1. The molecule has 0 radical (unpaired) electrons. The molecule has 1 aromatic carbocycles. The highest BCUT2D eigenvalue weighted by Gasteiger charge is 2.15. The lowest BCUT2D eigenvalue weighted by Gasteiger charge is -2.17. The number of aryl methyl sites for hydroxylation is 2. The summed E-state index contributed by atoms with van der Waals surface area (Å²) in [6.45, 7) is 8.92. The van der Waals surface area contributed by atoms with Gasteiger partial charge in [-0.15, -0.1) is 0 Å². The third-order valence-electron chi connectivity index (χ3n) is 3.31. The van der Waals surface area contributed by atoms with Gasteiger partial charge in [-0.25, -0.2) is 9.37 Å². The number of hydrogen-bond acceptors (Lipinski definition) is 2. The Morgan fingerprint density at radius 3 is 2.56 bits per heavy atom. The van der Waals surface area contributed by atoms with Gasteiger partial charge in [0.25, 0.3) is 0 Å². The fourth-order valence-electron chi connectivity index (χ4n) is 2.46. The highest BCUT2D eigenvalue weighted by molar-refractivity contribution is 5.96. The zero-order valence-corrected chi connectivity index (χ0v) is 11.4. The van der Waals surface area contributed by atoms with Crippen LogP contribution >= 0.6 is 0 Å². The van der Waals surface area contributed by atoms with Crippen molar-refractivity contribution in [3.8, 4) is 0 Å². The Balaban J connectivity index is 2.91. The van der Waals surface area contributed by atoms with Crippen LogP contribution in [0.25, 0.3) is 10.9 Å². The molecule has 0 fully saturated rings. The molecule has 0 spiro atoms. The molecule has 18 heavy (non-hydrogen) atoms. The Kier molecular flexibility index (Phi) is 3.50. The van der Waals surface area contributed by atoms with Crippen LogP contribution in [0, 0.1) is 19.7 Å². The summed E-state index contributed by atoms with van der Waals surface area (Å²) in [5.74, 6) is -0.250. The summed E-state index contributed by atoms with van der Waals surface area (Å²) in [6, 6.07) is 3.31. The van der Waals surface area contributed by atoms with Crippen LogP contribution in [-0.2, 0) is 6.42 Å². The Morgan fingerprint density at radius 2 is 1.94 bits per heavy atom. The van der Waals surface area contributed by atoms with Crippen LogP contribution in [0.5, 0.6) is 0 Å². The second-order valence-corrected chi connectivity index (χ2v) is 4.52. The van der Waals surface area contributed by atoms with E-state index in [-0.39, 0.29) is 5.82 Å². The van der Waals surface area contributed by atoms with Crippen molar-refractivity contribution < 1.29 is 4.39 Å². The molecule has 2 aromatic rings. The molecule has 0 atom stereocenters. The monoisotopic (exact) mass is 246 g/mol. The zero-order chi connectivity index (χ0) is 13.3. The molecular formula is C15H19FN2. The molecule has 1 N–H and O–H groups in total. The SMILES string of the molecule is CCNc1c(CC)c(C)nc2c(F)ccc(C)c12. The van der Waals surface area contributed by atoms with Crippen LogP contribution in [0.4, 0.5) is 10.1 Å². The van der Waals surface area contributed by atoms with Gasteiger partial charge in [0, 0.05) is 23.3 Å². The van der Waals surface area contributed by atoms with Gasteiger partial charge in [-0.1, -0.05) is 13.0 Å². The average molecular weight is 246 g/mol. The maximum atomic E-state index is 13.9. The van der Waals surface area contributed by atoms with Gasteiger partial charge < -0.3 is 5.32 Å². The van der Waals surface area contributed by atoms with E-state index in [0.717, 1.165) is 35.3 Å². The second kappa shape index (κ2) is 4.92. The minimum absolute atomic E-state index is 0.250. The molecule has 0 amide bonds. The summed E-state index contributed by atoms with van der Waals surface area (Å²) in [4.78, 5) is 4.43. The van der Waals surface area contributed by atoms with Crippen LogP contribution in [0.15, 0.2) is 12.1 Å². The first-order valence-electron chi connectivity index (χ1n) is 6.42. The number of hydrogen-bond donors (Lipinski definition) is 1. The molecule has 0 saturated heterocycles. The Hall–Kier alpha value is -1.64. The second-order valence-electron chi connectivity index (χ2n) is 4.52. The van der Waals surface area contributed by atoms with Gasteiger partial charge in [-0.2, -0.15) is 0 Å². The zero-order valence-electron chi connectivity index (χ0n) is 11.4. The van der Waals surface area contributed by atoms with Gasteiger partial charge in [0.05, 0.1) is 0 Å². The van der Waals surface area contributed by atoms with E-state index >= 15 is 0 Å². The molecule has 0 saturated carbocycles. The minimum Gasteiger partial charge on any atom is -0.384 e. The molecule has 0 unspecified atom stereocenters. The third-order valence-corrected chi connectivity index (χ3v) is 3.31. The van der Waals surface area contributed by atoms with Gasteiger partial charge >= 0.3 is 0 Å². The molecule has 2 rings (SSSR count). The molecule has 0 aliphatic heterocycles. The number of pyridine rings is 1. The van der Waals surface area contributed by atoms with Crippen LogP contribution in [0.2, 0.25) is 0 Å². The predicted octanol–water partition coefficient (Wildman–Crippen LogP) is 3.98. The van der Waals surface area contributed by atoms with Crippen molar-refractivity contribution in [3.05, 3.63) is 34.8 Å². The maximum absolute atomic E-state index is 13.9. The van der Waals surface area contributed by atoms with E-state index in [1.165, 1.54) is 11.6 Å². The van der Waals surface area contributed by atoms with Crippen molar-refractivity contribution in [2.75, 3.05) is 11.9 Å². The fourth-order valence-corrected chi connectivity index (χ4v) is 2.46. The average Bonchev–Trinajstić information content (AvgIpc) is 2.34. The van der Waals surface area contributed by atoms with Crippen molar-refractivity contribution in [3.63, 3.8) is 0 Å². The van der Waals surface area contributed by atoms with E-state index in [0.29, 0.717) is 5.52 Å². The number of nitrogens with zero attached hydrogens (tertiary/aromatic N) is 1. The largest absolute Gasteiger partial charge is 0.384 e. The molecule has 1 aromatic heterocycles. The normalized spacial score (nSPS) is 10.9. The molecule has 96 valence electrons. The number of nitrogens with one attached hydrogen (secondary N) is 1. The van der Waals surface area contributed by atoms with Gasteiger partial charge in [0.2, 0.25) is 0 Å². The van der Waals surface area contributed by atoms with E-state index in [1.54, 1.807) is 0 Å². The first-order chi connectivity index (χ1) is 8.60. The highest BCUT2D eigenvalue weighted by Crippen LogP contribution is 2.32. The Labute approximate surface area is 107 Å². The van der Waals surface area contributed by atoms with E-state index < -0.39 is 0 Å². The van der Waals surface area contributed by atoms with Gasteiger partial charge in [0.15, 0.2) is 0 Å². The van der Waals surface area contributed by atoms with Crippen molar-refractivity contribution >= 4 is 16.6 Å². The van der Waals surface area contributed by atoms with E-state index in [9.17, 15) is 4.39 Å². The molecule has 2 nitrogen and oxygen atoms in total. The van der Waals surface area contributed by atoms with E-state index in [2.05, 4.69) is 24.1 Å². The lowest BCUT2D eigenvalue weighted by atomic mass is 10.0. The third kappa shape index (κ3) is 1.94. The molecule has 1 heterocycles. The summed E-state index contributed by atoms with van der Waals surface area (Å²) < 4.78 is 13.9. The first-order valence-corrected chi connectivity index (χ1v) is 6.42. The minimum atomic E-state index is -0.250. The summed E-state index contributed by atoms with van der Waals surface area (Å²) in [6.07, 6.45) is 0.896. The first kappa shape index (κ1) is 12.8. The predicted molar refractivity (Wildman–Crippen MR) is 74.7 cm³/mol. The van der Waals surface area contributed by atoms with E-state index in [4.69, 9.17) is 0 Å². The molecule has 0 bridgehead atoms.